The fourth-order valence-corrected chi connectivity index (χ4v) is 4.48. The molecule has 1 aliphatic heterocycles. The van der Waals surface area contributed by atoms with Crippen molar-refractivity contribution in [1.82, 2.24) is 14.7 Å². The van der Waals surface area contributed by atoms with Crippen molar-refractivity contribution in [2.24, 2.45) is 17.6 Å². The van der Waals surface area contributed by atoms with E-state index in [0.29, 0.717) is 29.0 Å². The number of aromatic nitrogens is 2. The molecule has 3 atom stereocenters. The molecule has 6 nitrogen and oxygen atoms in total. The second-order valence-corrected chi connectivity index (χ2v) is 7.51. The van der Waals surface area contributed by atoms with E-state index >= 15 is 0 Å². The van der Waals surface area contributed by atoms with Crippen LogP contribution in [-0.2, 0) is 0 Å². The number of hydrogen-bond donors (Lipinski definition) is 1. The smallest absolute Gasteiger partial charge is 0.272 e. The third-order valence-electron chi connectivity index (χ3n) is 5.90. The van der Waals surface area contributed by atoms with Crippen molar-refractivity contribution in [1.29, 1.82) is 0 Å². The quantitative estimate of drug-likeness (QED) is 0.777. The summed E-state index contributed by atoms with van der Waals surface area (Å²) in [6.07, 6.45) is 3.80. The van der Waals surface area contributed by atoms with E-state index in [4.69, 9.17) is 10.2 Å². The highest BCUT2D eigenvalue weighted by molar-refractivity contribution is 5.94. The average molecular weight is 362 g/mol. The zero-order chi connectivity index (χ0) is 18.4. The molecule has 2 N–H and O–H groups in total. The van der Waals surface area contributed by atoms with Gasteiger partial charge in [-0.15, -0.1) is 0 Å². The molecule has 2 aromatic heterocycles. The Morgan fingerprint density at radius 3 is 2.70 bits per heavy atom. The lowest BCUT2D eigenvalue weighted by molar-refractivity contribution is 0.0770. The van der Waals surface area contributed by atoms with Gasteiger partial charge in [-0.3, -0.25) is 4.79 Å². The summed E-state index contributed by atoms with van der Waals surface area (Å²) in [4.78, 5) is 15.3. The van der Waals surface area contributed by atoms with Crippen LogP contribution in [0.25, 0.3) is 17.1 Å². The Morgan fingerprint density at radius 1 is 1.11 bits per heavy atom. The standard InChI is InChI=1S/C21H22N4O2/c22-17-9-8-14-12-24(13-16(14)17)21(26)19-11-18(20-7-4-10-27-20)23-25(19)15-5-2-1-3-6-15/h1-7,10-11,14,16-17H,8-9,12-13,22H2. The second-order valence-electron chi connectivity index (χ2n) is 7.51. The maximum Gasteiger partial charge on any atom is 0.272 e. The van der Waals surface area contributed by atoms with Crippen molar-refractivity contribution in [2.75, 3.05) is 13.1 Å². The maximum absolute atomic E-state index is 13.4. The van der Waals surface area contributed by atoms with Crippen LogP contribution in [0.4, 0.5) is 0 Å². The highest BCUT2D eigenvalue weighted by Crippen LogP contribution is 2.38. The summed E-state index contributed by atoms with van der Waals surface area (Å²) in [5.74, 6) is 1.61. The number of para-hydroxylation sites is 1. The van der Waals surface area contributed by atoms with E-state index < -0.39 is 0 Å². The molecule has 6 heteroatoms. The summed E-state index contributed by atoms with van der Waals surface area (Å²) in [5.41, 5.74) is 8.31. The highest BCUT2D eigenvalue weighted by Gasteiger charge is 2.43. The molecule has 27 heavy (non-hydrogen) atoms. The van der Waals surface area contributed by atoms with E-state index in [1.165, 1.54) is 0 Å². The Kier molecular flexibility index (Phi) is 3.86. The topological polar surface area (TPSA) is 77.3 Å². The first-order valence-corrected chi connectivity index (χ1v) is 9.45. The molecule has 1 saturated carbocycles. The Balaban J connectivity index is 1.52. The molecule has 3 unspecified atom stereocenters. The predicted octanol–water partition coefficient (Wildman–Crippen LogP) is 2.94. The maximum atomic E-state index is 13.4. The lowest BCUT2D eigenvalue weighted by Crippen LogP contribution is -2.34. The van der Waals surface area contributed by atoms with Gasteiger partial charge in [-0.25, -0.2) is 4.68 Å². The first-order valence-electron chi connectivity index (χ1n) is 9.45. The van der Waals surface area contributed by atoms with E-state index in [2.05, 4.69) is 5.10 Å². The average Bonchev–Trinajstić information content (AvgIpc) is 3.47. The molecule has 1 saturated heterocycles. The summed E-state index contributed by atoms with van der Waals surface area (Å²) in [7, 11) is 0. The monoisotopic (exact) mass is 362 g/mol. The molecule has 1 amide bonds. The van der Waals surface area contributed by atoms with Gasteiger partial charge in [-0.1, -0.05) is 18.2 Å². The number of furan rings is 1. The van der Waals surface area contributed by atoms with Crippen molar-refractivity contribution in [3.8, 4) is 17.1 Å². The predicted molar refractivity (Wildman–Crippen MR) is 101 cm³/mol. The Labute approximate surface area is 157 Å². The highest BCUT2D eigenvalue weighted by atomic mass is 16.3. The summed E-state index contributed by atoms with van der Waals surface area (Å²) >= 11 is 0. The number of rotatable bonds is 3. The number of benzene rings is 1. The normalized spacial score (nSPS) is 24.3. The molecule has 0 spiro atoms. The van der Waals surface area contributed by atoms with Crippen LogP contribution in [0, 0.1) is 11.8 Å². The minimum atomic E-state index is 0.00533. The van der Waals surface area contributed by atoms with Crippen LogP contribution in [0.15, 0.2) is 59.2 Å². The van der Waals surface area contributed by atoms with Gasteiger partial charge in [0.05, 0.1) is 12.0 Å². The minimum absolute atomic E-state index is 0.00533. The number of amides is 1. The van der Waals surface area contributed by atoms with E-state index in [1.807, 2.05) is 53.4 Å². The van der Waals surface area contributed by atoms with Crippen LogP contribution in [0.3, 0.4) is 0 Å². The number of likely N-dealkylation sites (tertiary alicyclic amines) is 1. The molecule has 138 valence electrons. The van der Waals surface area contributed by atoms with Crippen LogP contribution >= 0.6 is 0 Å². The van der Waals surface area contributed by atoms with Crippen LogP contribution in [0.2, 0.25) is 0 Å². The second kappa shape index (κ2) is 6.39. The lowest BCUT2D eigenvalue weighted by atomic mass is 9.98. The summed E-state index contributed by atoms with van der Waals surface area (Å²) in [6.45, 7) is 1.52. The molecule has 2 fully saturated rings. The molecule has 3 heterocycles. The van der Waals surface area contributed by atoms with Crippen molar-refractivity contribution < 1.29 is 9.21 Å². The Hall–Kier alpha value is -2.86. The van der Waals surface area contributed by atoms with Crippen molar-refractivity contribution in [3.63, 3.8) is 0 Å². The third-order valence-corrected chi connectivity index (χ3v) is 5.90. The number of carbonyl (C=O) groups is 1. The van der Waals surface area contributed by atoms with Gasteiger partial charge in [0, 0.05) is 25.2 Å². The van der Waals surface area contributed by atoms with Gasteiger partial charge < -0.3 is 15.1 Å². The number of carbonyl (C=O) groups excluding carboxylic acids is 1. The number of hydrogen-bond acceptors (Lipinski definition) is 4. The van der Waals surface area contributed by atoms with Gasteiger partial charge >= 0.3 is 0 Å². The van der Waals surface area contributed by atoms with E-state index in [1.54, 1.807) is 10.9 Å². The van der Waals surface area contributed by atoms with Crippen LogP contribution < -0.4 is 5.73 Å². The molecular formula is C21H22N4O2. The number of fused-ring (bicyclic) bond motifs is 1. The van der Waals surface area contributed by atoms with Gasteiger partial charge in [0.2, 0.25) is 0 Å². The van der Waals surface area contributed by atoms with Gasteiger partial charge in [0.1, 0.15) is 11.4 Å². The minimum Gasteiger partial charge on any atom is -0.463 e. The zero-order valence-corrected chi connectivity index (χ0v) is 15.0. The summed E-state index contributed by atoms with van der Waals surface area (Å²) in [5, 5.41) is 4.65. The van der Waals surface area contributed by atoms with Gasteiger partial charge in [-0.05, 0) is 48.9 Å². The molecule has 1 aliphatic carbocycles. The van der Waals surface area contributed by atoms with E-state index in [-0.39, 0.29) is 11.9 Å². The molecule has 5 rings (SSSR count). The van der Waals surface area contributed by atoms with Crippen LogP contribution in [0.1, 0.15) is 23.3 Å². The zero-order valence-electron chi connectivity index (χ0n) is 15.0. The van der Waals surface area contributed by atoms with Crippen LogP contribution in [-0.4, -0.2) is 39.7 Å². The van der Waals surface area contributed by atoms with Crippen molar-refractivity contribution in [2.45, 2.75) is 18.9 Å². The molecule has 1 aromatic carbocycles. The summed E-state index contributed by atoms with van der Waals surface area (Å²) in [6, 6.07) is 15.4. The SMILES string of the molecule is NC1CCC2CN(C(=O)c3cc(-c4ccco4)nn3-c3ccccc3)CC12. The Bertz CT molecular complexity index is 948. The fourth-order valence-electron chi connectivity index (χ4n) is 4.48. The van der Waals surface area contributed by atoms with Crippen molar-refractivity contribution >= 4 is 5.91 Å². The molecule has 0 radical (unpaired) electrons. The molecule has 2 aliphatic rings. The van der Waals surface area contributed by atoms with Crippen molar-refractivity contribution in [3.05, 3.63) is 60.5 Å². The first-order chi connectivity index (χ1) is 13.2. The summed E-state index contributed by atoms with van der Waals surface area (Å²) < 4.78 is 7.20. The van der Waals surface area contributed by atoms with Gasteiger partial charge in [0.15, 0.2) is 5.76 Å². The number of nitrogens with zero attached hydrogens (tertiary/aromatic N) is 3. The lowest BCUT2D eigenvalue weighted by Gasteiger charge is -2.19. The largest absolute Gasteiger partial charge is 0.463 e. The molecule has 0 bridgehead atoms. The molecular weight excluding hydrogens is 340 g/mol. The van der Waals surface area contributed by atoms with Crippen LogP contribution in [0.5, 0.6) is 0 Å². The first kappa shape index (κ1) is 16.3. The molecule has 3 aromatic rings. The Morgan fingerprint density at radius 2 is 1.96 bits per heavy atom. The van der Waals surface area contributed by atoms with Gasteiger partial charge in [-0.2, -0.15) is 5.10 Å². The fraction of sp³-hybridized carbons (Fsp3) is 0.333. The number of nitrogens with two attached hydrogens (primary N) is 1. The third kappa shape index (κ3) is 2.77. The van der Waals surface area contributed by atoms with E-state index in [9.17, 15) is 4.79 Å². The van der Waals surface area contributed by atoms with E-state index in [0.717, 1.165) is 31.6 Å². The van der Waals surface area contributed by atoms with Gasteiger partial charge in [0.25, 0.3) is 5.91 Å².